The van der Waals surface area contributed by atoms with Gasteiger partial charge in [0.2, 0.25) is 10.0 Å². The molecule has 1 fully saturated rings. The number of hydrazone groups is 1. The van der Waals surface area contributed by atoms with Crippen LogP contribution in [0.2, 0.25) is 0 Å². The van der Waals surface area contributed by atoms with E-state index in [0.29, 0.717) is 15.6 Å². The second kappa shape index (κ2) is 9.27. The lowest BCUT2D eigenvalue weighted by Gasteiger charge is -2.25. The fourth-order valence-electron chi connectivity index (χ4n) is 2.52. The summed E-state index contributed by atoms with van der Waals surface area (Å²) in [4.78, 5) is 12.2. The molecule has 0 unspecified atom stereocenters. The first kappa shape index (κ1) is 21.1. The van der Waals surface area contributed by atoms with Gasteiger partial charge in [0.05, 0.1) is 18.2 Å². The maximum Gasteiger partial charge on any atom is 0.260 e. The number of anilines is 1. The number of hydrogen-bond acceptors (Lipinski definition) is 6. The number of para-hydroxylation sites is 1. The molecule has 0 aromatic heterocycles. The number of carbonyl (C=O) groups is 1. The highest BCUT2D eigenvalue weighted by Gasteiger charge is 2.23. The molecule has 10 heteroatoms. The van der Waals surface area contributed by atoms with Crippen LogP contribution in [0.1, 0.15) is 5.56 Å². The van der Waals surface area contributed by atoms with Gasteiger partial charge < -0.3 is 4.74 Å². The van der Waals surface area contributed by atoms with Crippen LogP contribution in [0.15, 0.2) is 53.6 Å². The molecule has 2 aromatic rings. The molecule has 1 saturated heterocycles. The number of thioether (sulfide) groups is 1. The van der Waals surface area contributed by atoms with Crippen LogP contribution in [0.4, 0.5) is 10.1 Å². The van der Waals surface area contributed by atoms with Crippen molar-refractivity contribution in [3.05, 3.63) is 59.9 Å². The first-order valence-electron chi connectivity index (χ1n) is 8.71. The third-order valence-corrected chi connectivity index (χ3v) is 6.32. The molecule has 0 aliphatic carbocycles. The first-order chi connectivity index (χ1) is 13.8. The van der Waals surface area contributed by atoms with E-state index in [1.807, 2.05) is 23.9 Å². The van der Waals surface area contributed by atoms with Crippen LogP contribution >= 0.6 is 11.8 Å². The number of benzene rings is 2. The van der Waals surface area contributed by atoms with Crippen LogP contribution in [0.5, 0.6) is 5.75 Å². The molecule has 154 valence electrons. The van der Waals surface area contributed by atoms with Gasteiger partial charge in [-0.15, -0.1) is 0 Å². The van der Waals surface area contributed by atoms with Gasteiger partial charge in [-0.2, -0.15) is 16.9 Å². The summed E-state index contributed by atoms with van der Waals surface area (Å²) in [7, 11) is -3.86. The van der Waals surface area contributed by atoms with Crippen molar-refractivity contribution in [2.75, 3.05) is 28.6 Å². The first-order valence-corrected chi connectivity index (χ1v) is 11.7. The molecule has 7 nitrogen and oxygen atoms in total. The summed E-state index contributed by atoms with van der Waals surface area (Å²) in [5.74, 6) is 1.21. The predicted molar refractivity (Wildman–Crippen MR) is 113 cm³/mol. The highest BCUT2D eigenvalue weighted by atomic mass is 32.2. The van der Waals surface area contributed by atoms with Gasteiger partial charge in [-0.05, 0) is 29.8 Å². The summed E-state index contributed by atoms with van der Waals surface area (Å²) in [5.41, 5.74) is 2.77. The van der Waals surface area contributed by atoms with Crippen LogP contribution in [-0.2, 0) is 14.8 Å². The largest absolute Gasteiger partial charge is 0.489 e. The Balaban J connectivity index is 1.62. The lowest BCUT2D eigenvalue weighted by Crippen LogP contribution is -2.39. The predicted octanol–water partition coefficient (Wildman–Crippen LogP) is 2.24. The van der Waals surface area contributed by atoms with E-state index in [0.717, 1.165) is 23.8 Å². The summed E-state index contributed by atoms with van der Waals surface area (Å²) in [6.45, 7) is -0.598. The molecule has 3 rings (SSSR count). The van der Waals surface area contributed by atoms with E-state index in [1.54, 1.807) is 12.1 Å². The normalized spacial score (nSPS) is 14.4. The molecule has 1 heterocycles. The van der Waals surface area contributed by atoms with Gasteiger partial charge in [-0.25, -0.2) is 18.2 Å². The van der Waals surface area contributed by atoms with Crippen LogP contribution in [-0.4, -0.2) is 50.9 Å². The molecule has 1 aliphatic heterocycles. The van der Waals surface area contributed by atoms with Crippen molar-refractivity contribution in [1.82, 2.24) is 5.43 Å². The standard InChI is InChI=1S/C19H20FN3O4S2/c1-29(25,26)23(18-8-3-2-7-17(18)20)11-19(24)22-21-10-14-5-4-6-15(9-14)27-16-12-28-13-16/h2-10,16H,11-13H2,1H3,(H,22,24)/b21-10-. The van der Waals surface area contributed by atoms with Crippen molar-refractivity contribution in [2.24, 2.45) is 5.10 Å². The number of sulfonamides is 1. The zero-order valence-corrected chi connectivity index (χ0v) is 17.2. The van der Waals surface area contributed by atoms with E-state index in [4.69, 9.17) is 4.74 Å². The Labute approximate surface area is 173 Å². The molecular weight excluding hydrogens is 417 g/mol. The fourth-order valence-corrected chi connectivity index (χ4v) is 3.94. The second-order valence-electron chi connectivity index (χ2n) is 6.36. The molecular formula is C19H20FN3O4S2. The summed E-state index contributed by atoms with van der Waals surface area (Å²) >= 11 is 1.82. The Morgan fingerprint density at radius 2 is 2.07 bits per heavy atom. The Hall–Kier alpha value is -2.59. The summed E-state index contributed by atoms with van der Waals surface area (Å²) < 4.78 is 44.4. The topological polar surface area (TPSA) is 88.1 Å². The quantitative estimate of drug-likeness (QED) is 0.506. The summed E-state index contributed by atoms with van der Waals surface area (Å²) in [6, 6.07) is 12.6. The summed E-state index contributed by atoms with van der Waals surface area (Å²) in [6.07, 6.45) is 2.54. The van der Waals surface area contributed by atoms with Crippen LogP contribution in [0.25, 0.3) is 0 Å². The van der Waals surface area contributed by atoms with Crippen molar-refractivity contribution >= 4 is 39.6 Å². The fraction of sp³-hybridized carbons (Fsp3) is 0.263. The van der Waals surface area contributed by atoms with Crippen molar-refractivity contribution in [3.63, 3.8) is 0 Å². The third-order valence-electron chi connectivity index (χ3n) is 3.98. The van der Waals surface area contributed by atoms with E-state index in [2.05, 4.69) is 10.5 Å². The highest BCUT2D eigenvalue weighted by Crippen LogP contribution is 2.24. The second-order valence-corrected chi connectivity index (χ2v) is 9.35. The van der Waals surface area contributed by atoms with E-state index >= 15 is 0 Å². The van der Waals surface area contributed by atoms with Crippen LogP contribution in [0.3, 0.4) is 0 Å². The molecule has 0 saturated carbocycles. The van der Waals surface area contributed by atoms with E-state index in [1.165, 1.54) is 24.4 Å². The van der Waals surface area contributed by atoms with E-state index in [-0.39, 0.29) is 11.8 Å². The van der Waals surface area contributed by atoms with Crippen molar-refractivity contribution in [2.45, 2.75) is 6.10 Å². The van der Waals surface area contributed by atoms with Crippen molar-refractivity contribution in [3.8, 4) is 5.75 Å². The average molecular weight is 438 g/mol. The Bertz CT molecular complexity index is 1010. The van der Waals surface area contributed by atoms with Gasteiger partial charge >= 0.3 is 0 Å². The molecule has 0 radical (unpaired) electrons. The third kappa shape index (κ3) is 5.94. The molecule has 0 spiro atoms. The monoisotopic (exact) mass is 437 g/mol. The van der Waals surface area contributed by atoms with E-state index < -0.39 is 28.3 Å². The molecule has 29 heavy (non-hydrogen) atoms. The van der Waals surface area contributed by atoms with Gasteiger partial charge in [0.1, 0.15) is 24.2 Å². The van der Waals surface area contributed by atoms with Gasteiger partial charge in [-0.3, -0.25) is 9.10 Å². The number of rotatable bonds is 8. The van der Waals surface area contributed by atoms with Gasteiger partial charge in [-0.1, -0.05) is 24.3 Å². The smallest absolute Gasteiger partial charge is 0.260 e. The number of halogens is 1. The van der Waals surface area contributed by atoms with Gasteiger partial charge in [0.15, 0.2) is 0 Å². The van der Waals surface area contributed by atoms with Crippen molar-refractivity contribution < 1.29 is 22.3 Å². The maximum absolute atomic E-state index is 14.0. The minimum atomic E-state index is -3.86. The number of amides is 1. The zero-order valence-electron chi connectivity index (χ0n) is 15.6. The molecule has 1 N–H and O–H groups in total. The molecule has 0 atom stereocenters. The average Bonchev–Trinajstić information content (AvgIpc) is 2.63. The highest BCUT2D eigenvalue weighted by molar-refractivity contribution is 8.00. The number of hydrogen-bond donors (Lipinski definition) is 1. The minimum absolute atomic E-state index is 0.201. The Kier molecular flexibility index (Phi) is 6.75. The van der Waals surface area contributed by atoms with Crippen LogP contribution in [0, 0.1) is 5.82 Å². The number of ether oxygens (including phenoxy) is 1. The number of nitrogens with one attached hydrogen (secondary N) is 1. The van der Waals surface area contributed by atoms with Crippen molar-refractivity contribution in [1.29, 1.82) is 0 Å². The summed E-state index contributed by atoms with van der Waals surface area (Å²) in [5, 5.41) is 3.85. The lowest BCUT2D eigenvalue weighted by molar-refractivity contribution is -0.119. The molecule has 1 amide bonds. The SMILES string of the molecule is CS(=O)(=O)N(CC(=O)N/N=C\c1cccc(OC2CSC2)c1)c1ccccc1F. The number of nitrogens with zero attached hydrogens (tertiary/aromatic N) is 2. The Morgan fingerprint density at radius 3 is 2.72 bits per heavy atom. The van der Waals surface area contributed by atoms with E-state index in [9.17, 15) is 17.6 Å². The lowest BCUT2D eigenvalue weighted by atomic mass is 10.2. The van der Waals surface area contributed by atoms with Crippen LogP contribution < -0.4 is 14.5 Å². The zero-order chi connectivity index (χ0) is 20.9. The minimum Gasteiger partial charge on any atom is -0.489 e. The maximum atomic E-state index is 14.0. The van der Waals surface area contributed by atoms with Gasteiger partial charge in [0, 0.05) is 11.5 Å². The number of carbonyl (C=O) groups excluding carboxylic acids is 1. The Morgan fingerprint density at radius 1 is 1.31 bits per heavy atom. The molecule has 2 aromatic carbocycles. The van der Waals surface area contributed by atoms with Gasteiger partial charge in [0.25, 0.3) is 5.91 Å². The molecule has 1 aliphatic rings. The molecule has 0 bridgehead atoms.